The van der Waals surface area contributed by atoms with Crippen LogP contribution in [0.4, 0.5) is 20.4 Å². The third-order valence-corrected chi connectivity index (χ3v) is 2.87. The Morgan fingerprint density at radius 2 is 2.00 bits per heavy atom. The number of rotatable bonds is 5. The van der Waals surface area contributed by atoms with Gasteiger partial charge < -0.3 is 15.3 Å². The molecule has 0 aliphatic heterocycles. The van der Waals surface area contributed by atoms with Gasteiger partial charge in [-0.2, -0.15) is 0 Å². The number of nitrogens with one attached hydrogen (secondary N) is 1. The number of aliphatic hydroxyl groups excluding tert-OH is 1. The highest BCUT2D eigenvalue weighted by Gasteiger charge is 2.27. The fraction of sp³-hybridized carbons (Fsp3) is 0.583. The molecule has 1 heterocycles. The van der Waals surface area contributed by atoms with Crippen LogP contribution in [0.2, 0.25) is 0 Å². The summed E-state index contributed by atoms with van der Waals surface area (Å²) in [6.45, 7) is 5.60. The van der Waals surface area contributed by atoms with Gasteiger partial charge in [0, 0.05) is 19.7 Å². The van der Waals surface area contributed by atoms with Gasteiger partial charge in [0.15, 0.2) is 23.3 Å². The predicted molar refractivity (Wildman–Crippen MR) is 67.9 cm³/mol. The Bertz CT molecular complexity index is 424. The Morgan fingerprint density at radius 3 is 2.50 bits per heavy atom. The molecule has 0 aliphatic rings. The van der Waals surface area contributed by atoms with Crippen molar-refractivity contribution >= 4 is 11.6 Å². The lowest BCUT2D eigenvalue weighted by Crippen LogP contribution is -2.45. The summed E-state index contributed by atoms with van der Waals surface area (Å²) in [4.78, 5) is 5.42. The van der Waals surface area contributed by atoms with Crippen molar-refractivity contribution < 1.29 is 13.9 Å². The smallest absolute Gasteiger partial charge is 0.168 e. The first kappa shape index (κ1) is 14.6. The zero-order valence-electron chi connectivity index (χ0n) is 11.1. The molecule has 2 N–H and O–H groups in total. The number of hydrogen-bond acceptors (Lipinski definition) is 4. The van der Waals surface area contributed by atoms with Crippen LogP contribution < -0.4 is 10.2 Å². The molecule has 1 aromatic heterocycles. The van der Waals surface area contributed by atoms with Gasteiger partial charge in [-0.3, -0.25) is 0 Å². The number of nitrogens with zero attached hydrogens (tertiary/aromatic N) is 2. The van der Waals surface area contributed by atoms with Gasteiger partial charge in [-0.15, -0.1) is 0 Å². The van der Waals surface area contributed by atoms with Crippen molar-refractivity contribution in [2.45, 2.75) is 26.3 Å². The Labute approximate surface area is 106 Å². The zero-order valence-corrected chi connectivity index (χ0v) is 11.1. The van der Waals surface area contributed by atoms with Gasteiger partial charge in [0.2, 0.25) is 0 Å². The average Bonchev–Trinajstić information content (AvgIpc) is 2.32. The van der Waals surface area contributed by atoms with Crippen molar-refractivity contribution in [2.75, 3.05) is 30.4 Å². The van der Waals surface area contributed by atoms with Crippen LogP contribution in [-0.2, 0) is 0 Å². The largest absolute Gasteiger partial charge is 0.394 e. The van der Waals surface area contributed by atoms with E-state index in [1.807, 2.05) is 0 Å². The second-order valence-electron chi connectivity index (χ2n) is 4.68. The van der Waals surface area contributed by atoms with Crippen LogP contribution in [-0.4, -0.2) is 35.8 Å². The standard InChI is InChI=1S/C12H19F2N3O/c1-5-15-10-8(13)6-9(14)11(16-10)17(4)12(2,3)7-18/h6,18H,5,7H2,1-4H3,(H,15,16). The lowest BCUT2D eigenvalue weighted by atomic mass is 10.1. The van der Waals surface area contributed by atoms with Crippen LogP contribution in [0.5, 0.6) is 0 Å². The van der Waals surface area contributed by atoms with E-state index >= 15 is 0 Å². The summed E-state index contributed by atoms with van der Waals surface area (Å²) in [5, 5.41) is 12.0. The fourth-order valence-electron chi connectivity index (χ4n) is 1.38. The number of anilines is 2. The van der Waals surface area contributed by atoms with Gasteiger partial charge >= 0.3 is 0 Å². The lowest BCUT2D eigenvalue weighted by Gasteiger charge is -2.35. The van der Waals surface area contributed by atoms with Crippen LogP contribution in [0, 0.1) is 11.6 Å². The molecule has 0 aliphatic carbocycles. The first-order chi connectivity index (χ1) is 8.33. The molecule has 6 heteroatoms. The highest BCUT2D eigenvalue weighted by molar-refractivity contribution is 5.50. The number of hydrogen-bond donors (Lipinski definition) is 2. The van der Waals surface area contributed by atoms with E-state index in [1.54, 1.807) is 27.8 Å². The van der Waals surface area contributed by atoms with E-state index in [1.165, 1.54) is 4.90 Å². The summed E-state index contributed by atoms with van der Waals surface area (Å²) >= 11 is 0. The minimum absolute atomic E-state index is 0.00593. The Morgan fingerprint density at radius 1 is 1.39 bits per heavy atom. The Kier molecular flexibility index (Phi) is 4.45. The summed E-state index contributed by atoms with van der Waals surface area (Å²) in [5.74, 6) is -1.47. The molecule has 0 amide bonds. The monoisotopic (exact) mass is 259 g/mol. The molecule has 0 saturated heterocycles. The summed E-state index contributed by atoms with van der Waals surface area (Å²) in [6.07, 6.45) is 0. The molecule has 0 aromatic carbocycles. The summed E-state index contributed by atoms with van der Waals surface area (Å²) in [7, 11) is 1.61. The molecule has 1 rings (SSSR count). The Hall–Kier alpha value is -1.43. The SMILES string of the molecule is CCNc1nc(N(C)C(C)(C)CO)c(F)cc1F. The van der Waals surface area contributed by atoms with E-state index in [0.717, 1.165) is 6.07 Å². The molecule has 1 aromatic rings. The van der Waals surface area contributed by atoms with Gasteiger partial charge in [-0.25, -0.2) is 13.8 Å². The zero-order chi connectivity index (χ0) is 13.9. The van der Waals surface area contributed by atoms with Crippen molar-refractivity contribution in [3.63, 3.8) is 0 Å². The van der Waals surface area contributed by atoms with Crippen molar-refractivity contribution in [3.05, 3.63) is 17.7 Å². The topological polar surface area (TPSA) is 48.4 Å². The summed E-state index contributed by atoms with van der Waals surface area (Å²) in [6, 6.07) is 0.796. The molecule has 0 radical (unpaired) electrons. The number of halogens is 2. The van der Waals surface area contributed by atoms with E-state index in [4.69, 9.17) is 0 Å². The van der Waals surface area contributed by atoms with Gasteiger partial charge in [0.05, 0.1) is 12.1 Å². The normalized spacial score (nSPS) is 11.5. The molecule has 0 unspecified atom stereocenters. The molecule has 102 valence electrons. The maximum Gasteiger partial charge on any atom is 0.168 e. The molecule has 0 atom stereocenters. The predicted octanol–water partition coefficient (Wildman–Crippen LogP) is 2.00. The van der Waals surface area contributed by atoms with Crippen molar-refractivity contribution in [2.24, 2.45) is 0 Å². The van der Waals surface area contributed by atoms with Gasteiger partial charge in [-0.1, -0.05) is 0 Å². The molecule has 0 saturated carbocycles. The number of likely N-dealkylation sites (N-methyl/N-ethyl adjacent to an activating group) is 1. The van der Waals surface area contributed by atoms with Crippen LogP contribution in [0.15, 0.2) is 6.07 Å². The van der Waals surface area contributed by atoms with E-state index in [0.29, 0.717) is 6.54 Å². The molecular weight excluding hydrogens is 240 g/mol. The van der Waals surface area contributed by atoms with Crippen molar-refractivity contribution in [1.82, 2.24) is 4.98 Å². The van der Waals surface area contributed by atoms with Crippen LogP contribution in [0.3, 0.4) is 0 Å². The lowest BCUT2D eigenvalue weighted by molar-refractivity contribution is 0.215. The van der Waals surface area contributed by atoms with Crippen LogP contribution >= 0.6 is 0 Å². The average molecular weight is 259 g/mol. The third kappa shape index (κ3) is 2.87. The highest BCUT2D eigenvalue weighted by atomic mass is 19.1. The number of aliphatic hydroxyl groups is 1. The third-order valence-electron chi connectivity index (χ3n) is 2.87. The minimum Gasteiger partial charge on any atom is -0.394 e. The fourth-order valence-corrected chi connectivity index (χ4v) is 1.38. The molecule has 0 spiro atoms. The molecule has 0 fully saturated rings. The summed E-state index contributed by atoms with van der Waals surface area (Å²) in [5.41, 5.74) is -0.685. The van der Waals surface area contributed by atoms with E-state index < -0.39 is 17.2 Å². The summed E-state index contributed by atoms with van der Waals surface area (Å²) < 4.78 is 27.2. The quantitative estimate of drug-likeness (QED) is 0.849. The van der Waals surface area contributed by atoms with E-state index in [-0.39, 0.29) is 18.2 Å². The first-order valence-corrected chi connectivity index (χ1v) is 5.78. The first-order valence-electron chi connectivity index (χ1n) is 5.78. The second kappa shape index (κ2) is 5.48. The van der Waals surface area contributed by atoms with Crippen molar-refractivity contribution in [3.8, 4) is 0 Å². The van der Waals surface area contributed by atoms with Crippen molar-refractivity contribution in [1.29, 1.82) is 0 Å². The van der Waals surface area contributed by atoms with Gasteiger partial charge in [-0.05, 0) is 20.8 Å². The second-order valence-corrected chi connectivity index (χ2v) is 4.68. The maximum absolute atomic E-state index is 13.7. The van der Waals surface area contributed by atoms with E-state index in [2.05, 4.69) is 10.3 Å². The van der Waals surface area contributed by atoms with Crippen LogP contribution in [0.1, 0.15) is 20.8 Å². The molecule has 0 bridgehead atoms. The number of pyridine rings is 1. The molecule has 4 nitrogen and oxygen atoms in total. The number of aromatic nitrogens is 1. The molecule has 18 heavy (non-hydrogen) atoms. The van der Waals surface area contributed by atoms with Crippen LogP contribution in [0.25, 0.3) is 0 Å². The maximum atomic E-state index is 13.7. The van der Waals surface area contributed by atoms with E-state index in [9.17, 15) is 13.9 Å². The van der Waals surface area contributed by atoms with Gasteiger partial charge in [0.1, 0.15) is 0 Å². The Balaban J connectivity index is 3.20. The highest BCUT2D eigenvalue weighted by Crippen LogP contribution is 2.26. The molecular formula is C12H19F2N3O. The minimum atomic E-state index is -0.752. The van der Waals surface area contributed by atoms with Gasteiger partial charge in [0.25, 0.3) is 0 Å².